The fourth-order valence-corrected chi connectivity index (χ4v) is 3.32. The van der Waals surface area contributed by atoms with Gasteiger partial charge in [-0.2, -0.15) is 5.10 Å². The summed E-state index contributed by atoms with van der Waals surface area (Å²) in [5.41, 5.74) is 1.68. The SMILES string of the molecule is [C-]#[N+]C1=C[C@]2(C)c3nn(C(C)=O)cc3CC[C@H]2CC1=O. The maximum Gasteiger partial charge on any atom is 0.243 e. The number of allylic oxidation sites excluding steroid dienone is 2. The summed E-state index contributed by atoms with van der Waals surface area (Å²) in [6.07, 6.45) is 5.65. The molecule has 0 aromatic carbocycles. The first kappa shape index (κ1) is 12.8. The van der Waals surface area contributed by atoms with E-state index in [4.69, 9.17) is 6.57 Å². The lowest BCUT2D eigenvalue weighted by Gasteiger charge is -2.41. The topological polar surface area (TPSA) is 56.3 Å². The largest absolute Gasteiger partial charge is 0.308 e. The van der Waals surface area contributed by atoms with E-state index in [9.17, 15) is 9.59 Å². The minimum atomic E-state index is -0.415. The van der Waals surface area contributed by atoms with Crippen LogP contribution in [-0.4, -0.2) is 21.5 Å². The lowest BCUT2D eigenvalue weighted by Crippen LogP contribution is -2.40. The number of aryl methyl sites for hydroxylation is 1. The number of carbonyl (C=O) groups is 2. The molecule has 0 saturated carbocycles. The van der Waals surface area contributed by atoms with Crippen molar-refractivity contribution in [1.82, 2.24) is 9.78 Å². The molecule has 0 N–H and O–H groups in total. The van der Waals surface area contributed by atoms with E-state index < -0.39 is 5.41 Å². The second-order valence-electron chi connectivity index (χ2n) is 5.75. The fourth-order valence-electron chi connectivity index (χ4n) is 3.32. The maximum absolute atomic E-state index is 11.9. The van der Waals surface area contributed by atoms with E-state index in [1.165, 1.54) is 11.6 Å². The van der Waals surface area contributed by atoms with E-state index in [2.05, 4.69) is 9.94 Å². The van der Waals surface area contributed by atoms with Gasteiger partial charge in [0.05, 0.1) is 12.3 Å². The summed E-state index contributed by atoms with van der Waals surface area (Å²) in [6, 6.07) is 0. The van der Waals surface area contributed by atoms with Crippen molar-refractivity contribution in [1.29, 1.82) is 0 Å². The third-order valence-corrected chi connectivity index (χ3v) is 4.51. The van der Waals surface area contributed by atoms with Gasteiger partial charge in [0.1, 0.15) is 0 Å². The number of Topliss-reactive ketones (excluding diaryl/α,β-unsaturated/α-hetero) is 1. The van der Waals surface area contributed by atoms with E-state index in [1.54, 1.807) is 12.3 Å². The molecular weight excluding hydrogens is 254 g/mol. The molecule has 0 unspecified atom stereocenters. The summed E-state index contributed by atoms with van der Waals surface area (Å²) < 4.78 is 1.36. The third kappa shape index (κ3) is 1.64. The zero-order valence-electron chi connectivity index (χ0n) is 11.5. The molecule has 0 bridgehead atoms. The molecule has 102 valence electrons. The van der Waals surface area contributed by atoms with Crippen LogP contribution in [0.15, 0.2) is 18.0 Å². The lowest BCUT2D eigenvalue weighted by molar-refractivity contribution is -0.117. The number of ketones is 1. The summed E-state index contributed by atoms with van der Waals surface area (Å²) in [6.45, 7) is 10.6. The van der Waals surface area contributed by atoms with Gasteiger partial charge in [-0.3, -0.25) is 4.79 Å². The normalized spacial score (nSPS) is 28.1. The van der Waals surface area contributed by atoms with E-state index in [-0.39, 0.29) is 23.3 Å². The van der Waals surface area contributed by atoms with Crippen molar-refractivity contribution >= 4 is 11.7 Å². The van der Waals surface area contributed by atoms with Gasteiger partial charge in [0.25, 0.3) is 0 Å². The van der Waals surface area contributed by atoms with Gasteiger partial charge in [-0.05, 0) is 24.3 Å². The summed E-state index contributed by atoms with van der Waals surface area (Å²) in [4.78, 5) is 26.7. The van der Waals surface area contributed by atoms with Crippen molar-refractivity contribution < 1.29 is 9.59 Å². The van der Waals surface area contributed by atoms with Crippen molar-refractivity contribution in [3.8, 4) is 0 Å². The predicted molar refractivity (Wildman–Crippen MR) is 72.0 cm³/mol. The number of hydrogen-bond donors (Lipinski definition) is 0. The van der Waals surface area contributed by atoms with Gasteiger partial charge in [-0.25, -0.2) is 9.53 Å². The Balaban J connectivity index is 2.17. The van der Waals surface area contributed by atoms with Crippen LogP contribution >= 0.6 is 0 Å². The number of carbonyl (C=O) groups excluding carboxylic acids is 2. The standard InChI is InChI=1S/C15H15N3O2/c1-9(19)18-8-10-4-5-11-6-13(20)12(16-3)7-15(11,2)14(10)17-18/h7-8,11H,4-6H2,1-2H3/t11-,15-/m0/s1. The molecule has 3 rings (SSSR count). The van der Waals surface area contributed by atoms with Crippen molar-refractivity contribution in [2.24, 2.45) is 5.92 Å². The molecule has 5 nitrogen and oxygen atoms in total. The molecule has 0 fully saturated rings. The number of rotatable bonds is 0. The average molecular weight is 269 g/mol. The second kappa shape index (κ2) is 4.14. The van der Waals surface area contributed by atoms with Crippen LogP contribution in [0.2, 0.25) is 0 Å². The number of aromatic nitrogens is 2. The maximum atomic E-state index is 11.9. The monoisotopic (exact) mass is 269 g/mol. The van der Waals surface area contributed by atoms with E-state index in [0.29, 0.717) is 6.42 Å². The first-order chi connectivity index (χ1) is 9.45. The zero-order valence-corrected chi connectivity index (χ0v) is 11.5. The Morgan fingerprint density at radius 2 is 2.35 bits per heavy atom. The molecular formula is C15H15N3O2. The van der Waals surface area contributed by atoms with Crippen LogP contribution in [0.1, 0.15) is 42.7 Å². The molecule has 1 heterocycles. The fraction of sp³-hybridized carbons (Fsp3) is 0.467. The second-order valence-corrected chi connectivity index (χ2v) is 5.75. The van der Waals surface area contributed by atoms with Crippen LogP contribution in [0.5, 0.6) is 0 Å². The molecule has 1 aromatic rings. The van der Waals surface area contributed by atoms with Gasteiger partial charge >= 0.3 is 0 Å². The molecule has 1 aromatic heterocycles. The summed E-state index contributed by atoms with van der Waals surface area (Å²) in [5.74, 6) is -0.0268. The number of nitrogens with zero attached hydrogens (tertiary/aromatic N) is 3. The van der Waals surface area contributed by atoms with Crippen LogP contribution in [0.3, 0.4) is 0 Å². The predicted octanol–water partition coefficient (Wildman–Crippen LogP) is 2.14. The van der Waals surface area contributed by atoms with Gasteiger partial charge < -0.3 is 4.79 Å². The van der Waals surface area contributed by atoms with Crippen LogP contribution in [-0.2, 0) is 16.6 Å². The smallest absolute Gasteiger partial charge is 0.243 e. The van der Waals surface area contributed by atoms with Gasteiger partial charge in [-0.1, -0.05) is 13.0 Å². The molecule has 0 radical (unpaired) electrons. The molecule has 0 spiro atoms. The van der Waals surface area contributed by atoms with Gasteiger partial charge in [-0.15, -0.1) is 0 Å². The Morgan fingerprint density at radius 3 is 3.00 bits per heavy atom. The first-order valence-corrected chi connectivity index (χ1v) is 6.69. The Kier molecular flexibility index (Phi) is 2.65. The Morgan fingerprint density at radius 1 is 1.60 bits per heavy atom. The molecule has 0 aliphatic heterocycles. The highest BCUT2D eigenvalue weighted by Crippen LogP contribution is 2.47. The van der Waals surface area contributed by atoms with Crippen LogP contribution in [0.4, 0.5) is 0 Å². The first-order valence-electron chi connectivity index (χ1n) is 6.69. The van der Waals surface area contributed by atoms with Crippen molar-refractivity contribution in [2.45, 2.75) is 38.5 Å². The highest BCUT2D eigenvalue weighted by molar-refractivity contribution is 5.98. The molecule has 5 heteroatoms. The Labute approximate surface area is 117 Å². The highest BCUT2D eigenvalue weighted by Gasteiger charge is 2.45. The number of hydrogen-bond acceptors (Lipinski definition) is 3. The van der Waals surface area contributed by atoms with E-state index in [1.807, 2.05) is 6.92 Å². The summed E-state index contributed by atoms with van der Waals surface area (Å²) in [7, 11) is 0. The molecule has 0 amide bonds. The van der Waals surface area contributed by atoms with Crippen LogP contribution in [0.25, 0.3) is 4.85 Å². The van der Waals surface area contributed by atoms with Crippen molar-refractivity contribution in [2.75, 3.05) is 0 Å². The minimum absolute atomic E-state index is 0.0723. The third-order valence-electron chi connectivity index (χ3n) is 4.51. The Bertz CT molecular complexity index is 692. The molecule has 2 aliphatic rings. The summed E-state index contributed by atoms with van der Waals surface area (Å²) >= 11 is 0. The average Bonchev–Trinajstić information content (AvgIpc) is 2.84. The van der Waals surface area contributed by atoms with Crippen molar-refractivity contribution in [3.05, 3.63) is 40.6 Å². The van der Waals surface area contributed by atoms with Gasteiger partial charge in [0.15, 0.2) is 5.78 Å². The molecule has 20 heavy (non-hydrogen) atoms. The minimum Gasteiger partial charge on any atom is -0.308 e. The summed E-state index contributed by atoms with van der Waals surface area (Å²) in [5, 5.41) is 4.41. The van der Waals surface area contributed by atoms with Crippen LogP contribution < -0.4 is 0 Å². The molecule has 0 saturated heterocycles. The van der Waals surface area contributed by atoms with E-state index in [0.717, 1.165) is 24.1 Å². The Hall–Kier alpha value is -2.22. The molecule has 2 atom stereocenters. The lowest BCUT2D eigenvalue weighted by atomic mass is 9.62. The van der Waals surface area contributed by atoms with Gasteiger partial charge in [0.2, 0.25) is 11.6 Å². The quantitative estimate of drug-likeness (QED) is 0.678. The number of fused-ring (bicyclic) bond motifs is 3. The highest BCUT2D eigenvalue weighted by atomic mass is 16.2. The van der Waals surface area contributed by atoms with E-state index >= 15 is 0 Å². The van der Waals surface area contributed by atoms with Gasteiger partial charge in [0, 0.05) is 25.0 Å². The van der Waals surface area contributed by atoms with Crippen molar-refractivity contribution in [3.63, 3.8) is 0 Å². The molecule has 2 aliphatic carbocycles. The zero-order chi connectivity index (χ0) is 14.5. The van der Waals surface area contributed by atoms with Crippen LogP contribution in [0, 0.1) is 12.5 Å².